The van der Waals surface area contributed by atoms with Crippen molar-refractivity contribution in [3.05, 3.63) is 72.9 Å². The van der Waals surface area contributed by atoms with Crippen LogP contribution in [0.15, 0.2) is 72.9 Å². The number of hydrogen-bond acceptors (Lipinski definition) is 6. The van der Waals surface area contributed by atoms with Crippen LogP contribution < -0.4 is 0 Å². The maximum atomic E-state index is 12.6. The largest absolute Gasteiger partial charge is 0.477 e. The molecule has 0 aromatic heterocycles. The Bertz CT molecular complexity index is 1100. The van der Waals surface area contributed by atoms with E-state index in [-0.39, 0.29) is 36.7 Å². The van der Waals surface area contributed by atoms with Crippen molar-refractivity contribution in [3.63, 3.8) is 0 Å². The number of ether oxygens (including phenoxy) is 3. The predicted octanol–water partition coefficient (Wildman–Crippen LogP) is 10.8. The van der Waals surface area contributed by atoms with Gasteiger partial charge >= 0.3 is 17.9 Å². The molecule has 0 rings (SSSR count). The summed E-state index contributed by atoms with van der Waals surface area (Å²) < 4.78 is 17.1. The highest BCUT2D eigenvalue weighted by Gasteiger charge is 2.31. The van der Waals surface area contributed by atoms with E-state index < -0.39 is 24.1 Å². The molecule has 0 aliphatic heterocycles. The van der Waals surface area contributed by atoms with Gasteiger partial charge in [-0.3, -0.25) is 9.59 Å². The molecule has 0 aromatic rings. The zero-order chi connectivity index (χ0) is 39.3. The highest BCUT2D eigenvalue weighted by atomic mass is 16.6. The van der Waals surface area contributed by atoms with Gasteiger partial charge in [0.2, 0.25) is 0 Å². The quantitative estimate of drug-likeness (QED) is 0.0299. The van der Waals surface area contributed by atoms with E-state index in [0.717, 1.165) is 70.6 Å². The second-order valence-electron chi connectivity index (χ2n) is 14.5. The summed E-state index contributed by atoms with van der Waals surface area (Å²) in [4.78, 5) is 36.8. The lowest BCUT2D eigenvalue weighted by Gasteiger charge is -2.31. The van der Waals surface area contributed by atoms with Gasteiger partial charge in [-0.05, 0) is 70.6 Å². The van der Waals surface area contributed by atoms with Gasteiger partial charge in [0.15, 0.2) is 12.1 Å². The minimum absolute atomic E-state index is 0.0241. The van der Waals surface area contributed by atoms with E-state index in [9.17, 15) is 19.5 Å². The summed E-state index contributed by atoms with van der Waals surface area (Å²) in [5.41, 5.74) is 0. The Kier molecular flexibility index (Phi) is 33.6. The van der Waals surface area contributed by atoms with Crippen molar-refractivity contribution < 1.29 is 38.2 Å². The molecule has 302 valence electrons. The molecule has 0 saturated heterocycles. The van der Waals surface area contributed by atoms with Gasteiger partial charge in [0.05, 0.1) is 34.4 Å². The third-order valence-corrected chi connectivity index (χ3v) is 8.60. The second kappa shape index (κ2) is 35.8. The molecule has 2 unspecified atom stereocenters. The Morgan fingerprint density at radius 3 is 1.64 bits per heavy atom. The average molecular weight is 743 g/mol. The first kappa shape index (κ1) is 49.8. The smallest absolute Gasteiger partial charge is 0.362 e. The third kappa shape index (κ3) is 34.3. The molecule has 0 heterocycles. The zero-order valence-corrected chi connectivity index (χ0v) is 34.2. The van der Waals surface area contributed by atoms with Crippen LogP contribution in [0.4, 0.5) is 0 Å². The van der Waals surface area contributed by atoms with Gasteiger partial charge in [-0.1, -0.05) is 125 Å². The number of likely N-dealkylation sites (N-methyl/N-ethyl adjacent to an activating group) is 1. The number of aliphatic carboxylic acids is 1. The number of nitrogens with zero attached hydrogens (tertiary/aromatic N) is 1. The first-order chi connectivity index (χ1) is 25.6. The molecule has 0 spiro atoms. The molecule has 0 bridgehead atoms. The minimum atomic E-state index is -0.891. The van der Waals surface area contributed by atoms with E-state index in [4.69, 9.17) is 14.2 Å². The number of quaternary nitrogens is 1. The molecule has 2 atom stereocenters. The highest BCUT2D eigenvalue weighted by molar-refractivity contribution is 5.72. The van der Waals surface area contributed by atoms with E-state index in [2.05, 4.69) is 74.6 Å². The molecular formula is C45H76NO7+. The molecule has 53 heavy (non-hydrogen) atoms. The third-order valence-electron chi connectivity index (χ3n) is 8.60. The molecule has 0 aromatic carbocycles. The SMILES string of the molecule is CC/C=C\C/C=C\C/C=C\C/C=C\CCC(=O)OC(COCCC(C(=O)O)[N+](C)(C)C)COC(=O)CCCCCCC/C=C\C/C=C\CCCCCC. The van der Waals surface area contributed by atoms with Crippen LogP contribution in [0.3, 0.4) is 0 Å². The Morgan fingerprint density at radius 2 is 1.09 bits per heavy atom. The van der Waals surface area contributed by atoms with E-state index in [1.54, 1.807) is 0 Å². The van der Waals surface area contributed by atoms with Crippen LogP contribution >= 0.6 is 0 Å². The number of esters is 2. The molecular weight excluding hydrogens is 666 g/mol. The molecule has 8 heteroatoms. The van der Waals surface area contributed by atoms with Gasteiger partial charge in [-0.25, -0.2) is 4.79 Å². The first-order valence-corrected chi connectivity index (χ1v) is 20.5. The standard InChI is InChI=1S/C45H75NO7/c1-6-8-10-12-14-16-18-20-21-22-24-25-27-29-31-33-35-43(47)52-40-41(39-51-38-37-42(45(49)50)46(3,4)5)53-44(48)36-34-32-30-28-26-23-19-17-15-13-11-9-7-2/h9,11,15-18,21-23,26,30,32,41-42H,6-8,10,12-14,19-20,24-25,27-29,31,33-40H2,1-5H3/p+1/b11-9-,17-15-,18-16-,22-21-,26-23-,32-30-. The number of allylic oxidation sites excluding steroid dienone is 12. The van der Waals surface area contributed by atoms with Crippen molar-refractivity contribution in [2.24, 2.45) is 0 Å². The van der Waals surface area contributed by atoms with Crippen LogP contribution in [0.2, 0.25) is 0 Å². The number of unbranched alkanes of at least 4 members (excludes halogenated alkanes) is 9. The molecule has 0 saturated carbocycles. The monoisotopic (exact) mass is 743 g/mol. The van der Waals surface area contributed by atoms with E-state index >= 15 is 0 Å². The molecule has 8 nitrogen and oxygen atoms in total. The van der Waals surface area contributed by atoms with Crippen molar-refractivity contribution in [1.82, 2.24) is 0 Å². The van der Waals surface area contributed by atoms with Gasteiger partial charge in [0.25, 0.3) is 0 Å². The summed E-state index contributed by atoms with van der Waals surface area (Å²) in [6, 6.07) is -0.631. The van der Waals surface area contributed by atoms with Crippen LogP contribution in [0, 0.1) is 0 Å². The van der Waals surface area contributed by atoms with Gasteiger partial charge in [-0.15, -0.1) is 0 Å². The van der Waals surface area contributed by atoms with Crippen LogP contribution in [0.5, 0.6) is 0 Å². The lowest BCUT2D eigenvalue weighted by Crippen LogP contribution is -2.50. The van der Waals surface area contributed by atoms with Gasteiger partial charge in [0, 0.05) is 19.3 Å². The molecule has 0 radical (unpaired) electrons. The topological polar surface area (TPSA) is 99.1 Å². The molecule has 0 fully saturated rings. The summed E-state index contributed by atoms with van der Waals surface area (Å²) in [6.07, 6.45) is 43.9. The van der Waals surface area contributed by atoms with Crippen molar-refractivity contribution >= 4 is 17.9 Å². The Hall–Kier alpha value is -3.23. The molecule has 0 aliphatic carbocycles. The number of carboxylic acid groups (broad SMARTS) is 1. The lowest BCUT2D eigenvalue weighted by atomic mass is 10.1. The minimum Gasteiger partial charge on any atom is -0.477 e. The van der Waals surface area contributed by atoms with Crippen molar-refractivity contribution in [2.45, 2.75) is 154 Å². The Balaban J connectivity index is 4.51. The van der Waals surface area contributed by atoms with E-state index in [0.29, 0.717) is 19.3 Å². The van der Waals surface area contributed by atoms with Crippen molar-refractivity contribution in [1.29, 1.82) is 0 Å². The lowest BCUT2D eigenvalue weighted by molar-refractivity contribution is -0.887. The maximum absolute atomic E-state index is 12.6. The summed E-state index contributed by atoms with van der Waals surface area (Å²) in [5, 5.41) is 9.59. The molecule has 0 aliphatic rings. The fourth-order valence-corrected chi connectivity index (χ4v) is 5.43. The molecule has 0 amide bonds. The second-order valence-corrected chi connectivity index (χ2v) is 14.5. The highest BCUT2D eigenvalue weighted by Crippen LogP contribution is 2.11. The van der Waals surface area contributed by atoms with Crippen LogP contribution in [0.1, 0.15) is 142 Å². The number of carboxylic acids is 1. The maximum Gasteiger partial charge on any atom is 0.362 e. The van der Waals surface area contributed by atoms with Gasteiger partial charge in [0.1, 0.15) is 6.61 Å². The van der Waals surface area contributed by atoms with Crippen LogP contribution in [0.25, 0.3) is 0 Å². The van der Waals surface area contributed by atoms with E-state index in [1.165, 1.54) is 32.1 Å². The Morgan fingerprint density at radius 1 is 0.585 bits per heavy atom. The fourth-order valence-electron chi connectivity index (χ4n) is 5.43. The summed E-state index contributed by atoms with van der Waals surface area (Å²) >= 11 is 0. The summed E-state index contributed by atoms with van der Waals surface area (Å²) in [5.74, 6) is -1.60. The number of rotatable bonds is 35. The summed E-state index contributed by atoms with van der Waals surface area (Å²) in [7, 11) is 5.48. The van der Waals surface area contributed by atoms with Crippen molar-refractivity contribution in [3.8, 4) is 0 Å². The van der Waals surface area contributed by atoms with Crippen LogP contribution in [-0.4, -0.2) is 80.6 Å². The van der Waals surface area contributed by atoms with Gasteiger partial charge < -0.3 is 23.8 Å². The normalized spacial score (nSPS) is 13.8. The number of hydrogen-bond donors (Lipinski definition) is 1. The van der Waals surface area contributed by atoms with E-state index in [1.807, 2.05) is 33.3 Å². The Labute approximate surface area is 323 Å². The average Bonchev–Trinajstić information content (AvgIpc) is 3.11. The van der Waals surface area contributed by atoms with Gasteiger partial charge in [-0.2, -0.15) is 0 Å². The number of carbonyl (C=O) groups excluding carboxylic acids is 2. The van der Waals surface area contributed by atoms with Crippen molar-refractivity contribution in [2.75, 3.05) is 41.0 Å². The number of carbonyl (C=O) groups is 3. The van der Waals surface area contributed by atoms with Crippen LogP contribution in [-0.2, 0) is 28.6 Å². The first-order valence-electron chi connectivity index (χ1n) is 20.5. The summed E-state index contributed by atoms with van der Waals surface area (Å²) in [6.45, 7) is 4.48. The molecule has 1 N–H and O–H groups in total. The predicted molar refractivity (Wildman–Crippen MR) is 220 cm³/mol. The zero-order valence-electron chi connectivity index (χ0n) is 34.2. The fraction of sp³-hybridized carbons (Fsp3) is 0.667.